The van der Waals surface area contributed by atoms with E-state index in [4.69, 9.17) is 4.42 Å². The minimum atomic E-state index is -0.326. The first-order valence-corrected chi connectivity index (χ1v) is 6.71. The molecule has 2 aromatic rings. The lowest BCUT2D eigenvalue weighted by molar-refractivity contribution is -0.116. The van der Waals surface area contributed by atoms with Gasteiger partial charge in [0.1, 0.15) is 0 Å². The molecule has 1 aromatic carbocycles. The van der Waals surface area contributed by atoms with Gasteiger partial charge in [0.2, 0.25) is 11.7 Å². The lowest BCUT2D eigenvalue weighted by Crippen LogP contribution is -2.19. The second-order valence-corrected chi connectivity index (χ2v) is 5.02. The number of carbonyl (C=O) groups is 2. The number of oxazole rings is 1. The standard InChI is InChI=1S/C15H15N3O3/c1-8-14(21-9(2)16-8)15(20)17-11-4-5-12-10(7-11)3-6-13(19)18-12/h4-5,7H,3,6H2,1-2H3,(H,17,20)(H,18,19). The number of amides is 2. The van der Waals surface area contributed by atoms with Crippen LogP contribution in [0.15, 0.2) is 22.6 Å². The van der Waals surface area contributed by atoms with Gasteiger partial charge < -0.3 is 15.1 Å². The Kier molecular flexibility index (Phi) is 3.21. The van der Waals surface area contributed by atoms with Crippen LogP contribution in [0.2, 0.25) is 0 Å². The molecule has 2 N–H and O–H groups in total. The SMILES string of the molecule is Cc1nc(C)c(C(=O)Nc2ccc3c(c2)CCC(=O)N3)o1. The summed E-state index contributed by atoms with van der Waals surface area (Å²) in [7, 11) is 0. The van der Waals surface area contributed by atoms with Crippen LogP contribution in [-0.2, 0) is 11.2 Å². The second-order valence-electron chi connectivity index (χ2n) is 5.02. The predicted molar refractivity (Wildman–Crippen MR) is 77.3 cm³/mol. The molecule has 1 aromatic heterocycles. The van der Waals surface area contributed by atoms with Crippen LogP contribution in [0.1, 0.15) is 34.1 Å². The zero-order chi connectivity index (χ0) is 15.0. The van der Waals surface area contributed by atoms with E-state index in [-0.39, 0.29) is 17.6 Å². The average Bonchev–Trinajstić information content (AvgIpc) is 2.78. The maximum absolute atomic E-state index is 12.2. The number of anilines is 2. The highest BCUT2D eigenvalue weighted by atomic mass is 16.4. The summed E-state index contributed by atoms with van der Waals surface area (Å²) < 4.78 is 5.29. The van der Waals surface area contributed by atoms with Crippen molar-refractivity contribution < 1.29 is 14.0 Å². The number of hydrogen-bond acceptors (Lipinski definition) is 4. The van der Waals surface area contributed by atoms with Gasteiger partial charge in [-0.25, -0.2) is 4.98 Å². The van der Waals surface area contributed by atoms with Gasteiger partial charge in [0.25, 0.3) is 5.91 Å². The van der Waals surface area contributed by atoms with E-state index in [1.165, 1.54) is 0 Å². The predicted octanol–water partition coefficient (Wildman–Crippen LogP) is 2.43. The van der Waals surface area contributed by atoms with Gasteiger partial charge in [0, 0.05) is 24.7 Å². The van der Waals surface area contributed by atoms with Crippen LogP contribution >= 0.6 is 0 Å². The van der Waals surface area contributed by atoms with Crippen molar-refractivity contribution in [2.45, 2.75) is 26.7 Å². The van der Waals surface area contributed by atoms with Gasteiger partial charge in [0.15, 0.2) is 5.89 Å². The molecule has 0 unspecified atom stereocenters. The third-order valence-electron chi connectivity index (χ3n) is 3.37. The molecule has 21 heavy (non-hydrogen) atoms. The van der Waals surface area contributed by atoms with Crippen molar-refractivity contribution in [1.29, 1.82) is 0 Å². The number of carbonyl (C=O) groups excluding carboxylic acids is 2. The number of nitrogens with zero attached hydrogens (tertiary/aromatic N) is 1. The highest BCUT2D eigenvalue weighted by molar-refractivity contribution is 6.03. The Hall–Kier alpha value is -2.63. The number of fused-ring (bicyclic) bond motifs is 1. The van der Waals surface area contributed by atoms with Gasteiger partial charge in [-0.3, -0.25) is 9.59 Å². The largest absolute Gasteiger partial charge is 0.436 e. The van der Waals surface area contributed by atoms with Crippen LogP contribution < -0.4 is 10.6 Å². The fraction of sp³-hybridized carbons (Fsp3) is 0.267. The number of nitrogens with one attached hydrogen (secondary N) is 2. The first-order chi connectivity index (χ1) is 10.0. The Balaban J connectivity index is 1.81. The molecule has 6 nitrogen and oxygen atoms in total. The molecule has 6 heteroatoms. The number of hydrogen-bond donors (Lipinski definition) is 2. The fourth-order valence-corrected chi connectivity index (χ4v) is 2.39. The minimum Gasteiger partial charge on any atom is -0.436 e. The molecule has 1 aliphatic rings. The van der Waals surface area contributed by atoms with Crippen molar-refractivity contribution in [3.8, 4) is 0 Å². The molecule has 1 aliphatic heterocycles. The summed E-state index contributed by atoms with van der Waals surface area (Å²) in [6.45, 7) is 3.43. The Morgan fingerprint density at radius 1 is 1.33 bits per heavy atom. The third kappa shape index (κ3) is 2.65. The summed E-state index contributed by atoms with van der Waals surface area (Å²) in [6.07, 6.45) is 1.14. The summed E-state index contributed by atoms with van der Waals surface area (Å²) >= 11 is 0. The van der Waals surface area contributed by atoms with Crippen molar-refractivity contribution in [3.63, 3.8) is 0 Å². The van der Waals surface area contributed by atoms with E-state index >= 15 is 0 Å². The fourth-order valence-electron chi connectivity index (χ4n) is 2.39. The van der Waals surface area contributed by atoms with Gasteiger partial charge in [-0.1, -0.05) is 0 Å². The summed E-state index contributed by atoms with van der Waals surface area (Å²) in [6, 6.07) is 5.41. The maximum atomic E-state index is 12.2. The molecular formula is C15H15N3O3. The molecule has 0 fully saturated rings. The van der Waals surface area contributed by atoms with Gasteiger partial charge in [-0.05, 0) is 37.1 Å². The molecule has 3 rings (SSSR count). The molecule has 108 valence electrons. The lowest BCUT2D eigenvalue weighted by atomic mass is 10.0. The first kappa shape index (κ1) is 13.4. The number of aryl methyl sites for hydroxylation is 3. The zero-order valence-corrected chi connectivity index (χ0v) is 11.8. The van der Waals surface area contributed by atoms with Crippen LogP contribution in [0.5, 0.6) is 0 Å². The van der Waals surface area contributed by atoms with Crippen molar-refractivity contribution in [2.24, 2.45) is 0 Å². The molecule has 0 radical (unpaired) electrons. The van der Waals surface area contributed by atoms with Crippen molar-refractivity contribution >= 4 is 23.2 Å². The molecule has 2 heterocycles. The number of aromatic nitrogens is 1. The normalized spacial score (nSPS) is 13.5. The van der Waals surface area contributed by atoms with E-state index in [1.807, 2.05) is 6.07 Å². The first-order valence-electron chi connectivity index (χ1n) is 6.71. The van der Waals surface area contributed by atoms with Gasteiger partial charge in [-0.2, -0.15) is 0 Å². The summed E-state index contributed by atoms with van der Waals surface area (Å²) in [5, 5.41) is 5.59. The van der Waals surface area contributed by atoms with Crippen molar-refractivity contribution in [3.05, 3.63) is 41.1 Å². The Morgan fingerprint density at radius 3 is 2.86 bits per heavy atom. The zero-order valence-electron chi connectivity index (χ0n) is 11.8. The van der Waals surface area contributed by atoms with E-state index < -0.39 is 0 Å². The van der Waals surface area contributed by atoms with Crippen LogP contribution in [-0.4, -0.2) is 16.8 Å². The maximum Gasteiger partial charge on any atom is 0.293 e. The van der Waals surface area contributed by atoms with Crippen molar-refractivity contribution in [2.75, 3.05) is 10.6 Å². The van der Waals surface area contributed by atoms with Crippen LogP contribution in [0.25, 0.3) is 0 Å². The molecule has 0 aliphatic carbocycles. The number of rotatable bonds is 2. The van der Waals surface area contributed by atoms with Gasteiger partial charge in [-0.15, -0.1) is 0 Å². The Bertz CT molecular complexity index is 734. The Labute approximate surface area is 121 Å². The topological polar surface area (TPSA) is 84.2 Å². The van der Waals surface area contributed by atoms with Crippen LogP contribution in [0.4, 0.5) is 11.4 Å². The molecule has 0 saturated heterocycles. The summed E-state index contributed by atoms with van der Waals surface area (Å²) in [4.78, 5) is 27.5. The monoisotopic (exact) mass is 285 g/mol. The van der Waals surface area contributed by atoms with Crippen LogP contribution in [0.3, 0.4) is 0 Å². The average molecular weight is 285 g/mol. The van der Waals surface area contributed by atoms with E-state index in [0.29, 0.717) is 30.1 Å². The summed E-state index contributed by atoms with van der Waals surface area (Å²) in [5.41, 5.74) is 3.05. The smallest absolute Gasteiger partial charge is 0.293 e. The van der Waals surface area contributed by atoms with Crippen LogP contribution in [0, 0.1) is 13.8 Å². The van der Waals surface area contributed by atoms with E-state index in [1.54, 1.807) is 26.0 Å². The highest BCUT2D eigenvalue weighted by Gasteiger charge is 2.18. The third-order valence-corrected chi connectivity index (χ3v) is 3.37. The number of benzene rings is 1. The highest BCUT2D eigenvalue weighted by Crippen LogP contribution is 2.26. The molecule has 2 amide bonds. The minimum absolute atomic E-state index is 0.0204. The van der Waals surface area contributed by atoms with E-state index in [9.17, 15) is 9.59 Å². The lowest BCUT2D eigenvalue weighted by Gasteiger charge is -2.17. The van der Waals surface area contributed by atoms with E-state index in [2.05, 4.69) is 15.6 Å². The molecule has 0 bridgehead atoms. The Morgan fingerprint density at radius 2 is 2.14 bits per heavy atom. The molecule has 0 atom stereocenters. The molecule has 0 spiro atoms. The quantitative estimate of drug-likeness (QED) is 0.887. The molecular weight excluding hydrogens is 270 g/mol. The van der Waals surface area contributed by atoms with Crippen molar-refractivity contribution in [1.82, 2.24) is 4.98 Å². The summed E-state index contributed by atoms with van der Waals surface area (Å²) in [5.74, 6) is 0.379. The van der Waals surface area contributed by atoms with E-state index in [0.717, 1.165) is 11.3 Å². The van der Waals surface area contributed by atoms with Gasteiger partial charge in [0.05, 0.1) is 5.69 Å². The van der Waals surface area contributed by atoms with Gasteiger partial charge >= 0.3 is 0 Å². The second kappa shape index (κ2) is 5.05. The molecule has 0 saturated carbocycles.